The fourth-order valence-corrected chi connectivity index (χ4v) is 4.81. The first-order valence-corrected chi connectivity index (χ1v) is 11.1. The van der Waals surface area contributed by atoms with Gasteiger partial charge in [0.05, 0.1) is 32.0 Å². The fraction of sp³-hybridized carbons (Fsp3) is 0.333. The normalized spacial score (nSPS) is 16.8. The molecule has 2 heterocycles. The molecule has 0 unspecified atom stereocenters. The molecule has 7 heteroatoms. The standard InChI is InChI=1S/C24H25FN2O3S/c1-29-19-9-10-20(22(12-19)30-2)24(28)17-4-3-11-27(13-17)14-23-26-21(15-31-23)16-5-7-18(25)8-6-16/h5-10,12,15,17H,3-4,11,13-14H2,1-2H3/t17-/m1/s1. The molecular formula is C24H25FN2O3S. The summed E-state index contributed by atoms with van der Waals surface area (Å²) in [6.45, 7) is 2.34. The van der Waals surface area contributed by atoms with Crippen LogP contribution in [0.2, 0.25) is 0 Å². The third kappa shape index (κ3) is 4.94. The summed E-state index contributed by atoms with van der Waals surface area (Å²) in [5.41, 5.74) is 2.36. The molecule has 1 saturated heterocycles. The molecule has 0 radical (unpaired) electrons. The summed E-state index contributed by atoms with van der Waals surface area (Å²) >= 11 is 1.59. The third-order valence-corrected chi connectivity index (χ3v) is 6.43. The van der Waals surface area contributed by atoms with E-state index in [1.165, 1.54) is 12.1 Å². The van der Waals surface area contributed by atoms with Crippen LogP contribution in [0.5, 0.6) is 11.5 Å². The van der Waals surface area contributed by atoms with E-state index >= 15 is 0 Å². The van der Waals surface area contributed by atoms with E-state index in [-0.39, 0.29) is 17.5 Å². The molecular weight excluding hydrogens is 415 g/mol. The van der Waals surface area contributed by atoms with Crippen molar-refractivity contribution in [1.82, 2.24) is 9.88 Å². The van der Waals surface area contributed by atoms with Gasteiger partial charge in [-0.05, 0) is 55.8 Å². The van der Waals surface area contributed by atoms with E-state index in [2.05, 4.69) is 4.90 Å². The monoisotopic (exact) mass is 440 g/mol. The molecule has 0 amide bonds. The molecule has 1 aromatic heterocycles. The second-order valence-corrected chi connectivity index (χ2v) is 8.58. The van der Waals surface area contributed by atoms with Gasteiger partial charge in [0.1, 0.15) is 22.3 Å². The Bertz CT molecular complexity index is 1050. The minimum Gasteiger partial charge on any atom is -0.497 e. The Morgan fingerprint density at radius 3 is 2.74 bits per heavy atom. The van der Waals surface area contributed by atoms with Crippen molar-refractivity contribution in [2.75, 3.05) is 27.3 Å². The molecule has 0 saturated carbocycles. The SMILES string of the molecule is COc1ccc(C(=O)[C@@H]2CCCN(Cc3nc(-c4ccc(F)cc4)cs3)C2)c(OC)c1. The van der Waals surface area contributed by atoms with Gasteiger partial charge in [-0.15, -0.1) is 11.3 Å². The highest BCUT2D eigenvalue weighted by molar-refractivity contribution is 7.09. The number of rotatable bonds is 7. The van der Waals surface area contributed by atoms with E-state index in [1.807, 2.05) is 5.38 Å². The smallest absolute Gasteiger partial charge is 0.170 e. The fourth-order valence-electron chi connectivity index (χ4n) is 3.96. The van der Waals surface area contributed by atoms with Crippen LogP contribution in [0.25, 0.3) is 11.3 Å². The van der Waals surface area contributed by atoms with Crippen LogP contribution in [-0.4, -0.2) is 43.0 Å². The van der Waals surface area contributed by atoms with Gasteiger partial charge in [0.25, 0.3) is 0 Å². The zero-order valence-electron chi connectivity index (χ0n) is 17.6. The largest absolute Gasteiger partial charge is 0.497 e. The van der Waals surface area contributed by atoms with Crippen LogP contribution < -0.4 is 9.47 Å². The van der Waals surface area contributed by atoms with E-state index in [9.17, 15) is 9.18 Å². The minimum absolute atomic E-state index is 0.0763. The first-order chi connectivity index (χ1) is 15.1. The Hall–Kier alpha value is -2.77. The third-order valence-electron chi connectivity index (χ3n) is 5.60. The van der Waals surface area contributed by atoms with Gasteiger partial charge in [0, 0.05) is 29.5 Å². The lowest BCUT2D eigenvalue weighted by Gasteiger charge is -2.31. The highest BCUT2D eigenvalue weighted by Crippen LogP contribution is 2.30. The second-order valence-electron chi connectivity index (χ2n) is 7.64. The molecule has 1 fully saturated rings. The number of ketones is 1. The summed E-state index contributed by atoms with van der Waals surface area (Å²) in [5, 5.41) is 2.99. The van der Waals surface area contributed by atoms with E-state index in [4.69, 9.17) is 14.5 Å². The van der Waals surface area contributed by atoms with Gasteiger partial charge < -0.3 is 9.47 Å². The summed E-state index contributed by atoms with van der Waals surface area (Å²) in [6.07, 6.45) is 1.83. The molecule has 4 rings (SSSR count). The minimum atomic E-state index is -0.253. The van der Waals surface area contributed by atoms with E-state index < -0.39 is 0 Å². The summed E-state index contributed by atoms with van der Waals surface area (Å²) in [6, 6.07) is 11.7. The van der Waals surface area contributed by atoms with Crippen LogP contribution in [0, 0.1) is 11.7 Å². The van der Waals surface area contributed by atoms with Crippen LogP contribution >= 0.6 is 11.3 Å². The van der Waals surface area contributed by atoms with Crippen molar-refractivity contribution >= 4 is 17.1 Å². The van der Waals surface area contributed by atoms with Gasteiger partial charge in [0.2, 0.25) is 0 Å². The molecule has 0 aliphatic carbocycles. The van der Waals surface area contributed by atoms with Crippen LogP contribution in [0.15, 0.2) is 47.8 Å². The van der Waals surface area contributed by atoms with Gasteiger partial charge in [-0.3, -0.25) is 9.69 Å². The molecule has 162 valence electrons. The Kier molecular flexibility index (Phi) is 6.63. The molecule has 2 aromatic carbocycles. The van der Waals surface area contributed by atoms with Gasteiger partial charge in [-0.2, -0.15) is 0 Å². The van der Waals surface area contributed by atoms with Crippen molar-refractivity contribution in [3.8, 4) is 22.8 Å². The Labute approximate surface area is 185 Å². The maximum Gasteiger partial charge on any atom is 0.170 e. The van der Waals surface area contributed by atoms with Crippen molar-refractivity contribution in [1.29, 1.82) is 0 Å². The Morgan fingerprint density at radius 2 is 2.00 bits per heavy atom. The topological polar surface area (TPSA) is 51.7 Å². The number of piperidine rings is 1. The van der Waals surface area contributed by atoms with Gasteiger partial charge in [-0.1, -0.05) is 0 Å². The molecule has 0 bridgehead atoms. The highest BCUT2D eigenvalue weighted by atomic mass is 32.1. The number of hydrogen-bond acceptors (Lipinski definition) is 6. The van der Waals surface area contributed by atoms with Crippen LogP contribution in [0.3, 0.4) is 0 Å². The molecule has 1 atom stereocenters. The molecule has 1 aliphatic rings. The van der Waals surface area contributed by atoms with Crippen molar-refractivity contribution in [2.24, 2.45) is 5.92 Å². The number of halogens is 1. The summed E-state index contributed by atoms with van der Waals surface area (Å²) in [4.78, 5) is 20.2. The number of Topliss-reactive ketones (excluding diaryl/α,β-unsaturated/α-hetero) is 1. The number of likely N-dealkylation sites (tertiary alicyclic amines) is 1. The Balaban J connectivity index is 1.43. The van der Waals surface area contributed by atoms with Gasteiger partial charge in [0.15, 0.2) is 5.78 Å². The number of aromatic nitrogens is 1. The summed E-state index contributed by atoms with van der Waals surface area (Å²) in [7, 11) is 3.16. The van der Waals surface area contributed by atoms with Gasteiger partial charge in [-0.25, -0.2) is 9.37 Å². The molecule has 1 aliphatic heterocycles. The zero-order chi connectivity index (χ0) is 21.8. The number of carbonyl (C=O) groups is 1. The van der Waals surface area contributed by atoms with E-state index in [0.717, 1.165) is 35.7 Å². The second kappa shape index (κ2) is 9.58. The number of benzene rings is 2. The van der Waals surface area contributed by atoms with Crippen LogP contribution in [0.1, 0.15) is 28.2 Å². The van der Waals surface area contributed by atoms with E-state index in [0.29, 0.717) is 30.2 Å². The lowest BCUT2D eigenvalue weighted by atomic mass is 9.89. The Morgan fingerprint density at radius 1 is 1.19 bits per heavy atom. The summed E-state index contributed by atoms with van der Waals surface area (Å²) in [5.74, 6) is 0.990. The number of carbonyl (C=O) groups excluding carboxylic acids is 1. The highest BCUT2D eigenvalue weighted by Gasteiger charge is 2.29. The molecule has 5 nitrogen and oxygen atoms in total. The quantitative estimate of drug-likeness (QED) is 0.481. The number of hydrogen-bond donors (Lipinski definition) is 0. The van der Waals surface area contributed by atoms with Crippen molar-refractivity contribution in [3.05, 3.63) is 64.2 Å². The molecule has 3 aromatic rings. The molecule has 31 heavy (non-hydrogen) atoms. The predicted octanol–water partition coefficient (Wildman–Crippen LogP) is 5.06. The first-order valence-electron chi connectivity index (χ1n) is 10.3. The van der Waals surface area contributed by atoms with Crippen LogP contribution in [-0.2, 0) is 6.54 Å². The van der Waals surface area contributed by atoms with Crippen molar-refractivity contribution < 1.29 is 18.7 Å². The lowest BCUT2D eigenvalue weighted by Crippen LogP contribution is -2.38. The lowest BCUT2D eigenvalue weighted by molar-refractivity contribution is 0.0808. The predicted molar refractivity (Wildman–Crippen MR) is 119 cm³/mol. The van der Waals surface area contributed by atoms with Gasteiger partial charge >= 0.3 is 0 Å². The molecule has 0 spiro atoms. The van der Waals surface area contributed by atoms with Crippen molar-refractivity contribution in [2.45, 2.75) is 19.4 Å². The summed E-state index contributed by atoms with van der Waals surface area (Å²) < 4.78 is 23.8. The van der Waals surface area contributed by atoms with E-state index in [1.54, 1.807) is 55.9 Å². The average Bonchev–Trinajstić information content (AvgIpc) is 3.27. The number of thiazole rings is 1. The maximum atomic E-state index is 13.2. The molecule has 0 N–H and O–H groups in total. The first kappa shape index (κ1) is 21.5. The maximum absolute atomic E-state index is 13.2. The number of ether oxygens (including phenoxy) is 2. The van der Waals surface area contributed by atoms with Crippen molar-refractivity contribution in [3.63, 3.8) is 0 Å². The average molecular weight is 441 g/mol. The van der Waals surface area contributed by atoms with Crippen LogP contribution in [0.4, 0.5) is 4.39 Å². The number of methoxy groups -OCH3 is 2. The zero-order valence-corrected chi connectivity index (χ0v) is 18.5. The number of nitrogens with zero attached hydrogens (tertiary/aromatic N) is 2.